The maximum Gasteiger partial charge on any atom is 0.223 e. The predicted molar refractivity (Wildman–Crippen MR) is 92.4 cm³/mol. The molecule has 0 amide bonds. The second-order valence-corrected chi connectivity index (χ2v) is 4.84. The van der Waals surface area contributed by atoms with Gasteiger partial charge < -0.3 is 15.9 Å². The molecule has 1 heterocycles. The third-order valence-electron chi connectivity index (χ3n) is 3.18. The summed E-state index contributed by atoms with van der Waals surface area (Å²) < 4.78 is 5.53. The average molecular weight is 304 g/mol. The molecule has 114 valence electrons. The van der Waals surface area contributed by atoms with E-state index in [4.69, 9.17) is 15.9 Å². The van der Waals surface area contributed by atoms with Crippen LogP contribution in [0.15, 0.2) is 87.2 Å². The number of nitrogens with two attached hydrogens (primary N) is 2. The standard InChI is InChI=1S/C18H16N4O/c19-17(13-7-3-1-4-8-13)21-15-11-12-16(23-15)22-18(20)14-9-5-2-6-10-14/h1-12H,(H2,19,21)(H2,20,22). The summed E-state index contributed by atoms with van der Waals surface area (Å²) in [6.45, 7) is 0. The molecular weight excluding hydrogens is 288 g/mol. The Hall–Kier alpha value is -3.34. The van der Waals surface area contributed by atoms with Gasteiger partial charge in [0.1, 0.15) is 11.7 Å². The van der Waals surface area contributed by atoms with E-state index in [9.17, 15) is 0 Å². The zero-order chi connectivity index (χ0) is 16.1. The third-order valence-corrected chi connectivity index (χ3v) is 3.18. The molecule has 0 aliphatic rings. The van der Waals surface area contributed by atoms with Crippen LogP contribution in [0.25, 0.3) is 0 Å². The topological polar surface area (TPSA) is 89.9 Å². The quantitative estimate of drug-likeness (QED) is 0.572. The molecule has 4 N–H and O–H groups in total. The van der Waals surface area contributed by atoms with Crippen LogP contribution in [0.1, 0.15) is 11.1 Å². The molecule has 5 nitrogen and oxygen atoms in total. The van der Waals surface area contributed by atoms with Gasteiger partial charge in [0.15, 0.2) is 0 Å². The fourth-order valence-electron chi connectivity index (χ4n) is 2.02. The lowest BCUT2D eigenvalue weighted by molar-refractivity contribution is 0.588. The summed E-state index contributed by atoms with van der Waals surface area (Å²) in [5.41, 5.74) is 13.6. The van der Waals surface area contributed by atoms with Crippen LogP contribution in [0.5, 0.6) is 0 Å². The second-order valence-electron chi connectivity index (χ2n) is 4.84. The normalized spacial score (nSPS) is 12.3. The second kappa shape index (κ2) is 6.62. The van der Waals surface area contributed by atoms with E-state index in [1.54, 1.807) is 12.1 Å². The first-order valence-electron chi connectivity index (χ1n) is 7.11. The lowest BCUT2D eigenvalue weighted by Crippen LogP contribution is -2.12. The van der Waals surface area contributed by atoms with Gasteiger partial charge in [-0.2, -0.15) is 9.98 Å². The molecule has 1 aromatic heterocycles. The van der Waals surface area contributed by atoms with Gasteiger partial charge in [0.05, 0.1) is 0 Å². The summed E-state index contributed by atoms with van der Waals surface area (Å²) in [4.78, 5) is 8.50. The van der Waals surface area contributed by atoms with Crippen LogP contribution in [0.3, 0.4) is 0 Å². The van der Waals surface area contributed by atoms with Gasteiger partial charge in [0, 0.05) is 23.3 Å². The van der Waals surface area contributed by atoms with Crippen LogP contribution < -0.4 is 11.5 Å². The maximum atomic E-state index is 5.96. The van der Waals surface area contributed by atoms with Gasteiger partial charge in [-0.1, -0.05) is 60.7 Å². The molecule has 0 spiro atoms. The van der Waals surface area contributed by atoms with E-state index in [0.29, 0.717) is 23.4 Å². The molecule has 0 radical (unpaired) electrons. The summed E-state index contributed by atoms with van der Waals surface area (Å²) in [6.07, 6.45) is 0. The summed E-state index contributed by atoms with van der Waals surface area (Å²) in [6, 6.07) is 22.4. The number of amidine groups is 2. The van der Waals surface area contributed by atoms with Crippen molar-refractivity contribution < 1.29 is 4.42 Å². The first-order valence-corrected chi connectivity index (χ1v) is 7.11. The fraction of sp³-hybridized carbons (Fsp3) is 0. The predicted octanol–water partition coefficient (Wildman–Crippen LogP) is 3.35. The highest BCUT2D eigenvalue weighted by Crippen LogP contribution is 2.24. The molecule has 0 fully saturated rings. The number of nitrogens with zero attached hydrogens (tertiary/aromatic N) is 2. The number of hydrogen-bond acceptors (Lipinski definition) is 3. The minimum Gasteiger partial charge on any atom is -0.421 e. The smallest absolute Gasteiger partial charge is 0.223 e. The Balaban J connectivity index is 1.81. The summed E-state index contributed by atoms with van der Waals surface area (Å²) in [7, 11) is 0. The van der Waals surface area contributed by atoms with E-state index in [0.717, 1.165) is 11.1 Å². The molecular formula is C18H16N4O. The van der Waals surface area contributed by atoms with Crippen LogP contribution in [-0.2, 0) is 0 Å². The number of rotatable bonds is 4. The highest BCUT2D eigenvalue weighted by Gasteiger charge is 2.04. The Morgan fingerprint density at radius 1 is 0.609 bits per heavy atom. The van der Waals surface area contributed by atoms with E-state index < -0.39 is 0 Å². The van der Waals surface area contributed by atoms with Crippen LogP contribution in [0.4, 0.5) is 11.8 Å². The number of benzene rings is 2. The fourth-order valence-corrected chi connectivity index (χ4v) is 2.02. The van der Waals surface area contributed by atoms with Gasteiger partial charge in [-0.15, -0.1) is 0 Å². The van der Waals surface area contributed by atoms with Crippen molar-refractivity contribution >= 4 is 23.4 Å². The van der Waals surface area contributed by atoms with Gasteiger partial charge >= 0.3 is 0 Å². The van der Waals surface area contributed by atoms with Gasteiger partial charge in [0.2, 0.25) is 11.8 Å². The van der Waals surface area contributed by atoms with Crippen molar-refractivity contribution in [2.75, 3.05) is 0 Å². The van der Waals surface area contributed by atoms with Gasteiger partial charge in [0.25, 0.3) is 0 Å². The molecule has 0 bridgehead atoms. The molecule has 0 saturated carbocycles. The van der Waals surface area contributed by atoms with E-state index in [1.165, 1.54) is 0 Å². The van der Waals surface area contributed by atoms with Crippen molar-refractivity contribution in [1.82, 2.24) is 0 Å². The first-order chi connectivity index (χ1) is 11.2. The van der Waals surface area contributed by atoms with E-state index >= 15 is 0 Å². The van der Waals surface area contributed by atoms with Crippen molar-refractivity contribution in [3.05, 3.63) is 83.9 Å². The Labute approximate surface area is 134 Å². The van der Waals surface area contributed by atoms with Crippen molar-refractivity contribution in [2.45, 2.75) is 0 Å². The molecule has 5 heteroatoms. The third kappa shape index (κ3) is 3.65. The van der Waals surface area contributed by atoms with E-state index in [-0.39, 0.29) is 0 Å². The Morgan fingerprint density at radius 3 is 1.39 bits per heavy atom. The molecule has 3 rings (SSSR count). The van der Waals surface area contributed by atoms with E-state index in [2.05, 4.69) is 9.98 Å². The Kier molecular flexibility index (Phi) is 4.20. The monoisotopic (exact) mass is 304 g/mol. The molecule has 0 aliphatic carbocycles. The van der Waals surface area contributed by atoms with Crippen molar-refractivity contribution in [3.63, 3.8) is 0 Å². The highest BCUT2D eigenvalue weighted by molar-refractivity contribution is 5.99. The molecule has 23 heavy (non-hydrogen) atoms. The number of hydrogen-bond donors (Lipinski definition) is 2. The number of aliphatic imine (C=N–C) groups is 2. The first kappa shape index (κ1) is 14.6. The molecule has 2 aromatic carbocycles. The van der Waals surface area contributed by atoms with Gasteiger partial charge in [-0.25, -0.2) is 0 Å². The van der Waals surface area contributed by atoms with Crippen LogP contribution in [-0.4, -0.2) is 11.7 Å². The maximum absolute atomic E-state index is 5.96. The highest BCUT2D eigenvalue weighted by atomic mass is 16.4. The molecule has 0 aliphatic heterocycles. The average Bonchev–Trinajstić information content (AvgIpc) is 3.03. The minimum absolute atomic E-state index is 0.381. The summed E-state index contributed by atoms with van der Waals surface area (Å²) in [5, 5.41) is 0. The molecule has 3 aromatic rings. The zero-order valence-electron chi connectivity index (χ0n) is 12.4. The Morgan fingerprint density at radius 2 is 1.00 bits per heavy atom. The van der Waals surface area contributed by atoms with E-state index in [1.807, 2.05) is 60.7 Å². The van der Waals surface area contributed by atoms with Crippen molar-refractivity contribution in [1.29, 1.82) is 0 Å². The van der Waals surface area contributed by atoms with Crippen molar-refractivity contribution in [3.8, 4) is 0 Å². The number of furan rings is 1. The van der Waals surface area contributed by atoms with Crippen LogP contribution >= 0.6 is 0 Å². The van der Waals surface area contributed by atoms with Crippen molar-refractivity contribution in [2.24, 2.45) is 21.5 Å². The summed E-state index contributed by atoms with van der Waals surface area (Å²) >= 11 is 0. The van der Waals surface area contributed by atoms with Gasteiger partial charge in [-0.3, -0.25) is 0 Å². The summed E-state index contributed by atoms with van der Waals surface area (Å²) in [5.74, 6) is 1.52. The molecule has 0 saturated heterocycles. The lowest BCUT2D eigenvalue weighted by Gasteiger charge is -1.99. The Bertz CT molecular complexity index is 766. The zero-order valence-corrected chi connectivity index (χ0v) is 12.4. The van der Waals surface area contributed by atoms with Crippen LogP contribution in [0, 0.1) is 0 Å². The molecule has 0 atom stereocenters. The largest absolute Gasteiger partial charge is 0.421 e. The lowest BCUT2D eigenvalue weighted by atomic mass is 10.2. The minimum atomic E-state index is 0.381. The van der Waals surface area contributed by atoms with Crippen LogP contribution in [0.2, 0.25) is 0 Å². The van der Waals surface area contributed by atoms with Gasteiger partial charge in [-0.05, 0) is 0 Å². The molecule has 0 unspecified atom stereocenters. The SMILES string of the molecule is N/C(=N\c1ccc(/N=C(\N)c2ccccc2)o1)c1ccccc1.